The zero-order valence-electron chi connectivity index (χ0n) is 11.4. The molecule has 0 spiro atoms. The molecule has 0 aliphatic carbocycles. The maximum Gasteiger partial charge on any atom is 0.242 e. The van der Waals surface area contributed by atoms with Gasteiger partial charge in [0, 0.05) is 26.7 Å². The summed E-state index contributed by atoms with van der Waals surface area (Å²) in [5.41, 5.74) is 5.75. The Balaban J connectivity index is 2.83. The smallest absolute Gasteiger partial charge is 0.242 e. The molecule has 1 atom stereocenters. The van der Waals surface area contributed by atoms with E-state index in [1.54, 1.807) is 12.1 Å². The van der Waals surface area contributed by atoms with Crippen LogP contribution in [0.25, 0.3) is 0 Å². The van der Waals surface area contributed by atoms with Gasteiger partial charge in [-0.2, -0.15) is 4.31 Å². The van der Waals surface area contributed by atoms with Crippen LogP contribution in [0.15, 0.2) is 29.2 Å². The monoisotopic (exact) mass is 288 g/mol. The van der Waals surface area contributed by atoms with Gasteiger partial charge in [-0.05, 0) is 24.3 Å². The minimum Gasteiger partial charge on any atom is -0.497 e. The van der Waals surface area contributed by atoms with Crippen molar-refractivity contribution in [2.45, 2.75) is 10.9 Å². The molecule has 7 heteroatoms. The normalized spacial score (nSPS) is 13.5. The van der Waals surface area contributed by atoms with Gasteiger partial charge in [-0.25, -0.2) is 8.42 Å². The average molecular weight is 288 g/mol. The lowest BCUT2D eigenvalue weighted by molar-refractivity contribution is 0.173. The van der Waals surface area contributed by atoms with E-state index in [0.717, 1.165) is 0 Å². The number of benzene rings is 1. The third-order valence-electron chi connectivity index (χ3n) is 2.64. The van der Waals surface area contributed by atoms with Gasteiger partial charge in [-0.3, -0.25) is 0 Å². The molecule has 1 aromatic rings. The fraction of sp³-hybridized carbons (Fsp3) is 0.500. The standard InChI is InChI=1S/C12H20N2O4S/c1-14(8-10(13)9-17-2)19(15,16)12-6-4-11(18-3)5-7-12/h4-7,10H,8-9,13H2,1-3H3. The number of rotatable bonds is 7. The summed E-state index contributed by atoms with van der Waals surface area (Å²) < 4.78 is 35.6. The van der Waals surface area contributed by atoms with Crippen LogP contribution in [0.2, 0.25) is 0 Å². The summed E-state index contributed by atoms with van der Waals surface area (Å²) in [6.45, 7) is 0.505. The van der Waals surface area contributed by atoms with Gasteiger partial charge < -0.3 is 15.2 Å². The lowest BCUT2D eigenvalue weighted by Crippen LogP contribution is -2.41. The van der Waals surface area contributed by atoms with Crippen molar-refractivity contribution in [3.63, 3.8) is 0 Å². The zero-order valence-corrected chi connectivity index (χ0v) is 12.2. The Morgan fingerprint density at radius 1 is 1.26 bits per heavy atom. The molecule has 0 radical (unpaired) electrons. The highest BCUT2D eigenvalue weighted by atomic mass is 32.2. The summed E-state index contributed by atoms with van der Waals surface area (Å²) in [5.74, 6) is 0.609. The highest BCUT2D eigenvalue weighted by Gasteiger charge is 2.22. The maximum absolute atomic E-state index is 12.3. The van der Waals surface area contributed by atoms with E-state index in [4.69, 9.17) is 15.2 Å². The zero-order chi connectivity index (χ0) is 14.5. The van der Waals surface area contributed by atoms with Crippen molar-refractivity contribution in [3.8, 4) is 5.75 Å². The number of likely N-dealkylation sites (N-methyl/N-ethyl adjacent to an activating group) is 1. The molecule has 0 bridgehead atoms. The second-order valence-electron chi connectivity index (χ2n) is 4.18. The molecule has 0 aliphatic heterocycles. The third kappa shape index (κ3) is 4.17. The highest BCUT2D eigenvalue weighted by molar-refractivity contribution is 7.89. The van der Waals surface area contributed by atoms with E-state index in [2.05, 4.69) is 0 Å². The van der Waals surface area contributed by atoms with Crippen LogP contribution < -0.4 is 10.5 Å². The molecule has 0 saturated heterocycles. The van der Waals surface area contributed by atoms with Gasteiger partial charge in [0.1, 0.15) is 5.75 Å². The molecule has 0 amide bonds. The molecular formula is C12H20N2O4S. The van der Waals surface area contributed by atoms with Gasteiger partial charge in [0.15, 0.2) is 0 Å². The maximum atomic E-state index is 12.3. The minimum atomic E-state index is -3.54. The fourth-order valence-electron chi connectivity index (χ4n) is 1.62. The molecule has 1 rings (SSSR count). The quantitative estimate of drug-likeness (QED) is 0.780. The second-order valence-corrected chi connectivity index (χ2v) is 6.22. The molecule has 0 aliphatic rings. The van der Waals surface area contributed by atoms with Gasteiger partial charge in [-0.1, -0.05) is 0 Å². The van der Waals surface area contributed by atoms with Crippen molar-refractivity contribution < 1.29 is 17.9 Å². The van der Waals surface area contributed by atoms with E-state index in [9.17, 15) is 8.42 Å². The van der Waals surface area contributed by atoms with Crippen molar-refractivity contribution in [1.82, 2.24) is 4.31 Å². The molecule has 0 aromatic heterocycles. The third-order valence-corrected chi connectivity index (χ3v) is 4.48. The Bertz CT molecular complexity index is 487. The Kier molecular flexibility index (Phi) is 5.74. The van der Waals surface area contributed by atoms with Crippen LogP contribution in [-0.2, 0) is 14.8 Å². The van der Waals surface area contributed by atoms with Crippen LogP contribution >= 0.6 is 0 Å². The van der Waals surface area contributed by atoms with Gasteiger partial charge >= 0.3 is 0 Å². The SMILES string of the molecule is COCC(N)CN(C)S(=O)(=O)c1ccc(OC)cc1. The van der Waals surface area contributed by atoms with E-state index in [0.29, 0.717) is 12.4 Å². The van der Waals surface area contributed by atoms with E-state index >= 15 is 0 Å². The number of hydrogen-bond acceptors (Lipinski definition) is 5. The van der Waals surface area contributed by atoms with Crippen LogP contribution in [0.4, 0.5) is 0 Å². The van der Waals surface area contributed by atoms with Crippen molar-refractivity contribution in [3.05, 3.63) is 24.3 Å². The molecule has 0 heterocycles. The van der Waals surface area contributed by atoms with Crippen molar-refractivity contribution in [2.24, 2.45) is 5.73 Å². The van der Waals surface area contributed by atoms with Gasteiger partial charge in [-0.15, -0.1) is 0 Å². The summed E-state index contributed by atoms with van der Waals surface area (Å²) >= 11 is 0. The topological polar surface area (TPSA) is 81.9 Å². The first kappa shape index (κ1) is 15.9. The summed E-state index contributed by atoms with van der Waals surface area (Å²) in [6, 6.07) is 5.87. The number of ether oxygens (including phenoxy) is 2. The molecule has 108 valence electrons. The molecule has 6 nitrogen and oxygen atoms in total. The summed E-state index contributed by atoms with van der Waals surface area (Å²) in [6.07, 6.45) is 0. The minimum absolute atomic E-state index is 0.197. The molecule has 19 heavy (non-hydrogen) atoms. The molecule has 1 unspecified atom stereocenters. The number of sulfonamides is 1. The number of nitrogens with two attached hydrogens (primary N) is 1. The first-order chi connectivity index (χ1) is 8.91. The predicted molar refractivity (Wildman–Crippen MR) is 72.7 cm³/mol. The number of methoxy groups -OCH3 is 2. The Labute approximate surface area is 114 Å². The van der Waals surface area contributed by atoms with Crippen molar-refractivity contribution in [1.29, 1.82) is 0 Å². The van der Waals surface area contributed by atoms with Crippen LogP contribution in [0.3, 0.4) is 0 Å². The highest BCUT2D eigenvalue weighted by Crippen LogP contribution is 2.18. The van der Waals surface area contributed by atoms with Gasteiger partial charge in [0.2, 0.25) is 10.0 Å². The first-order valence-corrected chi connectivity index (χ1v) is 7.20. The Morgan fingerprint density at radius 2 is 1.84 bits per heavy atom. The lowest BCUT2D eigenvalue weighted by Gasteiger charge is -2.20. The molecule has 1 aromatic carbocycles. The average Bonchev–Trinajstić information content (AvgIpc) is 2.39. The van der Waals surface area contributed by atoms with Crippen LogP contribution in [0, 0.1) is 0 Å². The first-order valence-electron chi connectivity index (χ1n) is 5.76. The summed E-state index contributed by atoms with van der Waals surface area (Å²) in [7, 11) is 1.01. The summed E-state index contributed by atoms with van der Waals surface area (Å²) in [5, 5.41) is 0. The lowest BCUT2D eigenvalue weighted by atomic mass is 10.3. The predicted octanol–water partition coefficient (Wildman–Crippen LogP) is 0.289. The van der Waals surface area contributed by atoms with Gasteiger partial charge in [0.25, 0.3) is 0 Å². The second kappa shape index (κ2) is 6.85. The van der Waals surface area contributed by atoms with E-state index in [-0.39, 0.29) is 17.5 Å². The van der Waals surface area contributed by atoms with E-state index in [1.165, 1.54) is 37.7 Å². The molecule has 0 fully saturated rings. The Morgan fingerprint density at radius 3 is 2.32 bits per heavy atom. The van der Waals surface area contributed by atoms with Crippen LogP contribution in [0.5, 0.6) is 5.75 Å². The van der Waals surface area contributed by atoms with Crippen molar-refractivity contribution in [2.75, 3.05) is 34.4 Å². The fourth-order valence-corrected chi connectivity index (χ4v) is 2.85. The molecule has 2 N–H and O–H groups in total. The van der Waals surface area contributed by atoms with E-state index < -0.39 is 10.0 Å². The summed E-state index contributed by atoms with van der Waals surface area (Å²) in [4.78, 5) is 0.209. The van der Waals surface area contributed by atoms with Gasteiger partial charge in [0.05, 0.1) is 18.6 Å². The number of hydrogen-bond donors (Lipinski definition) is 1. The van der Waals surface area contributed by atoms with Crippen LogP contribution in [-0.4, -0.2) is 53.2 Å². The van der Waals surface area contributed by atoms with Crippen molar-refractivity contribution >= 4 is 10.0 Å². The number of nitrogens with zero attached hydrogens (tertiary/aromatic N) is 1. The molecule has 0 saturated carbocycles. The molecular weight excluding hydrogens is 268 g/mol. The Hall–Kier alpha value is -1.15. The largest absolute Gasteiger partial charge is 0.497 e. The van der Waals surface area contributed by atoms with Crippen LogP contribution in [0.1, 0.15) is 0 Å². The van der Waals surface area contributed by atoms with E-state index in [1.807, 2.05) is 0 Å².